The van der Waals surface area contributed by atoms with Gasteiger partial charge in [-0.15, -0.1) is 11.8 Å². The average Bonchev–Trinajstić information content (AvgIpc) is 3.16. The van der Waals surface area contributed by atoms with E-state index in [0.717, 1.165) is 16.4 Å². The topological polar surface area (TPSA) is 46.5 Å². The van der Waals surface area contributed by atoms with Gasteiger partial charge in [0, 0.05) is 0 Å². The second-order valence-electron chi connectivity index (χ2n) is 5.51. The number of alkyl halides is 6. The smallest absolute Gasteiger partial charge is 0.333 e. The lowest BCUT2D eigenvalue weighted by atomic mass is 10.2. The van der Waals surface area contributed by atoms with Crippen LogP contribution in [0.15, 0.2) is 28.0 Å². The van der Waals surface area contributed by atoms with E-state index >= 15 is 0 Å². The summed E-state index contributed by atoms with van der Waals surface area (Å²) in [4.78, 5) is 5.98. The monoisotopic (exact) mass is 538 g/mol. The van der Waals surface area contributed by atoms with Crippen LogP contribution in [-0.2, 0) is 12.4 Å². The molecule has 156 valence electrons. The first kappa shape index (κ1) is 22.3. The number of benzene rings is 1. The number of aromatic nitrogens is 4. The van der Waals surface area contributed by atoms with Crippen LogP contribution in [-0.4, -0.2) is 26.0 Å². The highest BCUT2D eigenvalue weighted by atomic mass is 79.9. The van der Waals surface area contributed by atoms with Gasteiger partial charge in [0.25, 0.3) is 0 Å². The van der Waals surface area contributed by atoms with Crippen LogP contribution < -0.4 is 0 Å². The van der Waals surface area contributed by atoms with Gasteiger partial charge in [-0.25, -0.2) is 9.67 Å². The maximum Gasteiger partial charge on any atom is 0.433 e. The molecule has 4 nitrogen and oxygen atoms in total. The molecule has 0 saturated carbocycles. The number of nitrogens with zero attached hydrogens (tertiary/aromatic N) is 3. The van der Waals surface area contributed by atoms with E-state index < -0.39 is 28.2 Å². The van der Waals surface area contributed by atoms with E-state index in [4.69, 9.17) is 23.2 Å². The molecule has 3 rings (SSSR count). The third-order valence-corrected chi connectivity index (χ3v) is 5.60. The molecule has 0 unspecified atom stereocenters. The number of thioether (sulfide) groups is 1. The Bertz CT molecular complexity index is 1050. The predicted molar refractivity (Wildman–Crippen MR) is 101 cm³/mol. The zero-order valence-corrected chi connectivity index (χ0v) is 17.8. The first-order chi connectivity index (χ1) is 13.3. The average molecular weight is 540 g/mol. The molecule has 0 saturated heterocycles. The zero-order chi connectivity index (χ0) is 21.7. The molecule has 0 fully saturated rings. The summed E-state index contributed by atoms with van der Waals surface area (Å²) in [7, 11) is 0. The van der Waals surface area contributed by atoms with Gasteiger partial charge in [-0.05, 0) is 34.3 Å². The number of aromatic amines is 1. The van der Waals surface area contributed by atoms with E-state index in [2.05, 4.69) is 31.0 Å². The van der Waals surface area contributed by atoms with Crippen molar-refractivity contribution in [1.82, 2.24) is 19.7 Å². The second kappa shape index (κ2) is 7.71. The van der Waals surface area contributed by atoms with Gasteiger partial charge < -0.3 is 4.98 Å². The van der Waals surface area contributed by atoms with Crippen LogP contribution in [0.25, 0.3) is 17.1 Å². The van der Waals surface area contributed by atoms with Gasteiger partial charge in [0.15, 0.2) is 5.69 Å². The second-order valence-corrected chi connectivity index (χ2v) is 7.88. The number of imidazole rings is 1. The molecule has 14 heteroatoms. The number of H-pyrrole nitrogens is 1. The third kappa shape index (κ3) is 4.25. The van der Waals surface area contributed by atoms with E-state index in [1.165, 1.54) is 6.20 Å². The molecule has 0 bridgehead atoms. The first-order valence-corrected chi connectivity index (χ1v) is 10.1. The molecule has 0 spiro atoms. The minimum absolute atomic E-state index is 0.0430. The Labute approximate surface area is 181 Å². The number of nitrogens with one attached hydrogen (secondary N) is 1. The van der Waals surface area contributed by atoms with Crippen molar-refractivity contribution >= 4 is 50.9 Å². The minimum Gasteiger partial charge on any atom is -0.333 e. The van der Waals surface area contributed by atoms with Crippen molar-refractivity contribution in [3.8, 4) is 17.1 Å². The summed E-state index contributed by atoms with van der Waals surface area (Å²) >= 11 is 15.9. The molecule has 0 aliphatic heterocycles. The van der Waals surface area contributed by atoms with Crippen LogP contribution in [0, 0.1) is 0 Å². The predicted octanol–water partition coefficient (Wildman–Crippen LogP) is 7.09. The Kier molecular flexibility index (Phi) is 5.93. The van der Waals surface area contributed by atoms with E-state index in [1.54, 1.807) is 6.26 Å². The summed E-state index contributed by atoms with van der Waals surface area (Å²) in [6.45, 7) is 0. The Hall–Kier alpha value is -1.37. The van der Waals surface area contributed by atoms with Crippen molar-refractivity contribution in [3.05, 3.63) is 44.2 Å². The van der Waals surface area contributed by atoms with Crippen LogP contribution >= 0.6 is 50.9 Å². The molecule has 0 radical (unpaired) electrons. The molecule has 3 aromatic rings. The summed E-state index contributed by atoms with van der Waals surface area (Å²) in [5.41, 5.74) is -1.99. The van der Waals surface area contributed by atoms with E-state index in [-0.39, 0.29) is 32.1 Å². The van der Waals surface area contributed by atoms with Crippen LogP contribution in [0.4, 0.5) is 26.3 Å². The summed E-state index contributed by atoms with van der Waals surface area (Å²) in [6.07, 6.45) is -6.51. The molecule has 0 amide bonds. The van der Waals surface area contributed by atoms with Crippen LogP contribution in [0.1, 0.15) is 11.3 Å². The number of halogens is 9. The van der Waals surface area contributed by atoms with Crippen LogP contribution in [0.5, 0.6) is 0 Å². The van der Waals surface area contributed by atoms with Crippen molar-refractivity contribution < 1.29 is 26.3 Å². The Morgan fingerprint density at radius 2 is 1.66 bits per heavy atom. The number of rotatable bonds is 3. The standard InChI is InChI=1S/C15H7BrCl2F6N4S/c1-29-13-6(12-26-10(11(16)27-12)15(22,23)24)4-25-28(13)9-7(17)2-5(3-8(9)18)14(19,20)21/h2-4H,1H3,(H,26,27). The molecule has 0 aliphatic rings. The van der Waals surface area contributed by atoms with Crippen molar-refractivity contribution in [2.24, 2.45) is 0 Å². The lowest BCUT2D eigenvalue weighted by Crippen LogP contribution is -2.07. The minimum atomic E-state index is -4.67. The Balaban J connectivity index is 2.15. The normalized spacial score (nSPS) is 12.6. The molecule has 0 aliphatic carbocycles. The van der Waals surface area contributed by atoms with Gasteiger partial charge in [-0.2, -0.15) is 31.4 Å². The fourth-order valence-corrected chi connectivity index (χ4v) is 4.28. The lowest BCUT2D eigenvalue weighted by molar-refractivity contribution is -0.141. The largest absolute Gasteiger partial charge is 0.433 e. The van der Waals surface area contributed by atoms with Gasteiger partial charge in [0.2, 0.25) is 0 Å². The maximum absolute atomic E-state index is 13.0. The molecule has 2 aromatic heterocycles. The van der Waals surface area contributed by atoms with Gasteiger partial charge in [0.1, 0.15) is 21.1 Å². The molecular formula is C15H7BrCl2F6N4S. The summed E-state index contributed by atoms with van der Waals surface area (Å²) in [6, 6.07) is 1.39. The quantitative estimate of drug-likeness (QED) is 0.285. The summed E-state index contributed by atoms with van der Waals surface area (Å²) in [5, 5.41) is 3.65. The van der Waals surface area contributed by atoms with Crippen molar-refractivity contribution in [3.63, 3.8) is 0 Å². The summed E-state index contributed by atoms with van der Waals surface area (Å²) < 4.78 is 78.6. The molecule has 1 N–H and O–H groups in total. The number of hydrogen-bond acceptors (Lipinski definition) is 3. The van der Waals surface area contributed by atoms with Crippen LogP contribution in [0.3, 0.4) is 0 Å². The van der Waals surface area contributed by atoms with Crippen molar-refractivity contribution in [2.45, 2.75) is 17.4 Å². The van der Waals surface area contributed by atoms with E-state index in [1.807, 2.05) is 0 Å². The van der Waals surface area contributed by atoms with Gasteiger partial charge in [-0.3, -0.25) is 0 Å². The molecule has 0 atom stereocenters. The summed E-state index contributed by atoms with van der Waals surface area (Å²) in [5.74, 6) is -0.140. The van der Waals surface area contributed by atoms with E-state index in [0.29, 0.717) is 12.1 Å². The third-order valence-electron chi connectivity index (χ3n) is 3.67. The first-order valence-electron chi connectivity index (χ1n) is 7.36. The van der Waals surface area contributed by atoms with Gasteiger partial charge in [0.05, 0.1) is 27.4 Å². The maximum atomic E-state index is 13.0. The molecule has 2 heterocycles. The fourth-order valence-electron chi connectivity index (χ4n) is 2.45. The van der Waals surface area contributed by atoms with Gasteiger partial charge >= 0.3 is 12.4 Å². The van der Waals surface area contributed by atoms with Crippen molar-refractivity contribution in [1.29, 1.82) is 0 Å². The molecule has 1 aromatic carbocycles. The molecule has 29 heavy (non-hydrogen) atoms. The fraction of sp³-hybridized carbons (Fsp3) is 0.200. The highest BCUT2D eigenvalue weighted by Gasteiger charge is 2.37. The van der Waals surface area contributed by atoms with Crippen LogP contribution in [0.2, 0.25) is 10.0 Å². The highest BCUT2D eigenvalue weighted by molar-refractivity contribution is 9.10. The SMILES string of the molecule is CSc1c(-c2nc(Br)c(C(F)(F)F)[nH]2)cnn1-c1c(Cl)cc(C(F)(F)F)cc1Cl. The Morgan fingerprint density at radius 3 is 2.10 bits per heavy atom. The van der Waals surface area contributed by atoms with Crippen molar-refractivity contribution in [2.75, 3.05) is 6.26 Å². The Morgan fingerprint density at radius 1 is 1.07 bits per heavy atom. The zero-order valence-electron chi connectivity index (χ0n) is 13.9. The molecular weight excluding hydrogens is 533 g/mol. The van der Waals surface area contributed by atoms with Gasteiger partial charge in [-0.1, -0.05) is 23.2 Å². The highest BCUT2D eigenvalue weighted by Crippen LogP contribution is 2.41. The number of hydrogen-bond donors (Lipinski definition) is 1. The lowest BCUT2D eigenvalue weighted by Gasteiger charge is -2.14. The van der Waals surface area contributed by atoms with E-state index in [9.17, 15) is 26.3 Å².